The molecule has 0 spiro atoms. The van der Waals surface area contributed by atoms with Gasteiger partial charge in [-0.1, -0.05) is 18.7 Å². The molecule has 1 fully saturated rings. The number of benzene rings is 2. The first-order valence-corrected chi connectivity index (χ1v) is 12.9. The Bertz CT molecular complexity index is 1630. The van der Waals surface area contributed by atoms with Gasteiger partial charge in [0, 0.05) is 64.3 Å². The molecule has 10 heteroatoms. The fourth-order valence-electron chi connectivity index (χ4n) is 4.78. The number of primary amides is 1. The summed E-state index contributed by atoms with van der Waals surface area (Å²) in [6.45, 7) is 10.0. The minimum Gasteiger partial charge on any atom is -0.372 e. The van der Waals surface area contributed by atoms with Crippen LogP contribution in [0.1, 0.15) is 17.3 Å². The first-order valence-electron chi connectivity index (χ1n) is 12.0. The lowest BCUT2D eigenvalue weighted by molar-refractivity contribution is 0.100. The monoisotopic (exact) mass is 510 g/mol. The number of allylic oxidation sites excluding steroid dienone is 1. The molecule has 2 aromatic carbocycles. The third kappa shape index (κ3) is 4.15. The SMILES string of the molecule is C=C(C)N1CCN(c2ccc(Nc3ncc(-c4csc5c(C(N)=O)cccc45)n4ncnc34)cc2)CC1. The van der Waals surface area contributed by atoms with Crippen molar-refractivity contribution in [3.63, 3.8) is 0 Å². The van der Waals surface area contributed by atoms with E-state index in [1.165, 1.54) is 23.4 Å². The van der Waals surface area contributed by atoms with Crippen molar-refractivity contribution in [2.75, 3.05) is 36.4 Å². The standard InChI is InChI=1S/C27H26N8OS/c1-17(2)33-10-12-34(13-11-33)19-8-6-18(7-9-19)32-26-27-30-16-31-35(27)23(14-29-26)22-15-37-24-20(22)4-3-5-21(24)25(28)36/h3-9,14-16H,1,10-13H2,2H3,(H2,28,36)(H,29,32). The second-order valence-electron chi connectivity index (χ2n) is 9.06. The van der Waals surface area contributed by atoms with Crippen LogP contribution < -0.4 is 16.0 Å². The number of hydrogen-bond acceptors (Lipinski definition) is 8. The van der Waals surface area contributed by atoms with Gasteiger partial charge in [-0.05, 0) is 37.3 Å². The van der Waals surface area contributed by atoms with E-state index in [-0.39, 0.29) is 0 Å². The lowest BCUT2D eigenvalue weighted by Crippen LogP contribution is -2.45. The van der Waals surface area contributed by atoms with Crippen molar-refractivity contribution in [1.29, 1.82) is 0 Å². The maximum absolute atomic E-state index is 11.9. The van der Waals surface area contributed by atoms with Gasteiger partial charge < -0.3 is 20.9 Å². The van der Waals surface area contributed by atoms with Crippen molar-refractivity contribution in [3.05, 3.63) is 78.2 Å². The fourth-order valence-corrected chi connectivity index (χ4v) is 5.86. The molecular formula is C27H26N8OS. The number of hydrogen-bond donors (Lipinski definition) is 2. The summed E-state index contributed by atoms with van der Waals surface area (Å²) < 4.78 is 2.62. The predicted molar refractivity (Wildman–Crippen MR) is 148 cm³/mol. The quantitative estimate of drug-likeness (QED) is 0.346. The zero-order valence-corrected chi connectivity index (χ0v) is 21.2. The number of nitrogens with one attached hydrogen (secondary N) is 1. The Balaban J connectivity index is 1.26. The minimum absolute atomic E-state index is 0.442. The highest BCUT2D eigenvalue weighted by Gasteiger charge is 2.19. The third-order valence-corrected chi connectivity index (χ3v) is 7.79. The Morgan fingerprint density at radius 1 is 1.08 bits per heavy atom. The van der Waals surface area contributed by atoms with Gasteiger partial charge in [0.15, 0.2) is 11.5 Å². The van der Waals surface area contributed by atoms with Gasteiger partial charge in [0.25, 0.3) is 0 Å². The normalized spacial score (nSPS) is 13.9. The Morgan fingerprint density at radius 2 is 1.86 bits per heavy atom. The van der Waals surface area contributed by atoms with E-state index < -0.39 is 5.91 Å². The molecule has 3 aromatic heterocycles. The van der Waals surface area contributed by atoms with Crippen LogP contribution in [0, 0.1) is 0 Å². The van der Waals surface area contributed by atoms with Gasteiger partial charge in [-0.3, -0.25) is 4.79 Å². The van der Waals surface area contributed by atoms with Crippen molar-refractivity contribution >= 4 is 50.2 Å². The molecule has 0 radical (unpaired) electrons. The van der Waals surface area contributed by atoms with Crippen LogP contribution in [0.5, 0.6) is 0 Å². The maximum Gasteiger partial charge on any atom is 0.250 e. The van der Waals surface area contributed by atoms with Gasteiger partial charge in [0.1, 0.15) is 6.33 Å². The lowest BCUT2D eigenvalue weighted by atomic mass is 10.1. The van der Waals surface area contributed by atoms with Crippen LogP contribution in [0.25, 0.3) is 27.0 Å². The van der Waals surface area contributed by atoms with Crippen LogP contribution in [0.3, 0.4) is 0 Å². The number of amides is 1. The highest BCUT2D eigenvalue weighted by Crippen LogP contribution is 2.36. The highest BCUT2D eigenvalue weighted by molar-refractivity contribution is 7.18. The summed E-state index contributed by atoms with van der Waals surface area (Å²) in [4.78, 5) is 25.7. The number of nitrogens with zero attached hydrogens (tertiary/aromatic N) is 6. The topological polar surface area (TPSA) is 105 Å². The second-order valence-corrected chi connectivity index (χ2v) is 9.94. The summed E-state index contributed by atoms with van der Waals surface area (Å²) in [7, 11) is 0. The molecule has 0 saturated carbocycles. The molecule has 1 aliphatic rings. The summed E-state index contributed by atoms with van der Waals surface area (Å²) in [5, 5.41) is 10.8. The molecule has 1 amide bonds. The average molecular weight is 511 g/mol. The molecule has 9 nitrogen and oxygen atoms in total. The zero-order chi connectivity index (χ0) is 25.5. The van der Waals surface area contributed by atoms with E-state index in [9.17, 15) is 4.79 Å². The predicted octanol–water partition coefficient (Wildman–Crippen LogP) is 4.50. The van der Waals surface area contributed by atoms with E-state index in [1.807, 2.05) is 17.5 Å². The van der Waals surface area contributed by atoms with Crippen LogP contribution >= 0.6 is 11.3 Å². The first-order chi connectivity index (χ1) is 18.0. The van der Waals surface area contributed by atoms with Gasteiger partial charge in [0.05, 0.1) is 17.5 Å². The molecule has 0 unspecified atom stereocenters. The Labute approximate surface area is 217 Å². The number of carbonyl (C=O) groups is 1. The number of thiophene rings is 1. The molecule has 5 aromatic rings. The number of fused-ring (bicyclic) bond motifs is 2. The summed E-state index contributed by atoms with van der Waals surface area (Å²) in [5.41, 5.74) is 11.7. The van der Waals surface area contributed by atoms with E-state index in [2.05, 4.69) is 68.0 Å². The number of anilines is 3. The third-order valence-electron chi connectivity index (χ3n) is 6.76. The van der Waals surface area contributed by atoms with Gasteiger partial charge in [-0.25, -0.2) is 14.5 Å². The molecule has 3 N–H and O–H groups in total. The van der Waals surface area contributed by atoms with Crippen molar-refractivity contribution in [2.45, 2.75) is 6.92 Å². The number of carbonyl (C=O) groups excluding carboxylic acids is 1. The van der Waals surface area contributed by atoms with Crippen LogP contribution in [-0.4, -0.2) is 56.6 Å². The maximum atomic E-state index is 11.9. The molecule has 0 atom stereocenters. The molecule has 37 heavy (non-hydrogen) atoms. The van der Waals surface area contributed by atoms with Crippen molar-refractivity contribution in [3.8, 4) is 11.3 Å². The fraction of sp³-hybridized carbons (Fsp3) is 0.185. The Hall–Kier alpha value is -4.44. The molecule has 186 valence electrons. The molecule has 6 rings (SSSR count). The zero-order valence-electron chi connectivity index (χ0n) is 20.4. The van der Waals surface area contributed by atoms with E-state index in [1.54, 1.807) is 16.8 Å². The van der Waals surface area contributed by atoms with Crippen molar-refractivity contribution in [2.24, 2.45) is 5.73 Å². The molecule has 0 aliphatic carbocycles. The molecule has 1 saturated heterocycles. The van der Waals surface area contributed by atoms with Gasteiger partial charge in [-0.15, -0.1) is 11.3 Å². The van der Waals surface area contributed by atoms with Crippen molar-refractivity contribution in [1.82, 2.24) is 24.5 Å². The van der Waals surface area contributed by atoms with Crippen molar-refractivity contribution < 1.29 is 4.79 Å². The first kappa shape index (κ1) is 23.0. The Kier molecular flexibility index (Phi) is 5.72. The van der Waals surface area contributed by atoms with Crippen LogP contribution in [0.4, 0.5) is 17.2 Å². The summed E-state index contributed by atoms with van der Waals surface area (Å²) in [6.07, 6.45) is 3.29. The number of nitrogens with two attached hydrogens (primary N) is 1. The van der Waals surface area contributed by atoms with Crippen LogP contribution in [-0.2, 0) is 0 Å². The minimum atomic E-state index is -0.442. The van der Waals surface area contributed by atoms with Gasteiger partial charge in [-0.2, -0.15) is 5.10 Å². The largest absolute Gasteiger partial charge is 0.372 e. The molecule has 0 bridgehead atoms. The van der Waals surface area contributed by atoms with E-state index in [0.717, 1.165) is 58.9 Å². The van der Waals surface area contributed by atoms with E-state index in [4.69, 9.17) is 5.73 Å². The lowest BCUT2D eigenvalue weighted by Gasteiger charge is -2.37. The molecule has 1 aliphatic heterocycles. The van der Waals surface area contributed by atoms with Crippen LogP contribution in [0.15, 0.2) is 72.6 Å². The molecule has 4 heterocycles. The van der Waals surface area contributed by atoms with Gasteiger partial charge in [0.2, 0.25) is 5.91 Å². The summed E-state index contributed by atoms with van der Waals surface area (Å²) >= 11 is 1.48. The smallest absolute Gasteiger partial charge is 0.250 e. The summed E-state index contributed by atoms with van der Waals surface area (Å²) in [6, 6.07) is 13.9. The number of aromatic nitrogens is 4. The van der Waals surface area contributed by atoms with Gasteiger partial charge >= 0.3 is 0 Å². The number of rotatable bonds is 6. The number of piperazine rings is 1. The molecular weight excluding hydrogens is 484 g/mol. The highest BCUT2D eigenvalue weighted by atomic mass is 32.1. The Morgan fingerprint density at radius 3 is 2.59 bits per heavy atom. The van der Waals surface area contributed by atoms with Crippen LogP contribution in [0.2, 0.25) is 0 Å². The van der Waals surface area contributed by atoms with E-state index >= 15 is 0 Å². The second kappa shape index (κ2) is 9.21. The summed E-state index contributed by atoms with van der Waals surface area (Å²) in [5.74, 6) is 0.171. The van der Waals surface area contributed by atoms with E-state index in [0.29, 0.717) is 17.0 Å². The average Bonchev–Trinajstić information content (AvgIpc) is 3.57.